The first-order chi connectivity index (χ1) is 11.8. The van der Waals surface area contributed by atoms with Crippen LogP contribution in [0, 0.1) is 22.2 Å². The molecule has 0 saturated heterocycles. The van der Waals surface area contributed by atoms with Crippen molar-refractivity contribution in [3.05, 3.63) is 23.3 Å². The highest BCUT2D eigenvalue weighted by Crippen LogP contribution is 2.48. The minimum Gasteiger partial charge on any atom is -0.457 e. The van der Waals surface area contributed by atoms with Gasteiger partial charge in [0.15, 0.2) is 0 Å². The summed E-state index contributed by atoms with van der Waals surface area (Å²) in [7, 11) is 0. The van der Waals surface area contributed by atoms with Crippen molar-refractivity contribution in [2.24, 2.45) is 22.2 Å². The van der Waals surface area contributed by atoms with Crippen molar-refractivity contribution in [2.45, 2.75) is 100 Å². The normalized spacial score (nSPS) is 24.7. The lowest BCUT2D eigenvalue weighted by Crippen LogP contribution is -2.45. The SMILES string of the molecule is CC(OC(=O)C(C)(CC(C)(C)C)C(C)(C)C)C1=CCC2CCCCC2=C1. The van der Waals surface area contributed by atoms with Crippen LogP contribution >= 0.6 is 0 Å². The highest BCUT2D eigenvalue weighted by Gasteiger charge is 2.48. The van der Waals surface area contributed by atoms with Gasteiger partial charge in [0.25, 0.3) is 0 Å². The first-order valence-electron chi connectivity index (χ1n) is 10.5. The third-order valence-electron chi connectivity index (χ3n) is 6.53. The minimum atomic E-state index is -0.505. The molecule has 0 spiro atoms. The van der Waals surface area contributed by atoms with E-state index in [2.05, 4.69) is 60.6 Å². The van der Waals surface area contributed by atoms with E-state index in [0.29, 0.717) is 0 Å². The Morgan fingerprint density at radius 2 is 1.81 bits per heavy atom. The number of hydrogen-bond acceptors (Lipinski definition) is 2. The number of allylic oxidation sites excluding steroid dienone is 2. The number of rotatable bonds is 4. The predicted octanol–water partition coefficient (Wildman–Crippen LogP) is 6.85. The largest absolute Gasteiger partial charge is 0.457 e. The molecule has 0 aromatic rings. The van der Waals surface area contributed by atoms with Gasteiger partial charge in [0.05, 0.1) is 5.41 Å². The summed E-state index contributed by atoms with van der Waals surface area (Å²) in [5.74, 6) is 0.675. The number of hydrogen-bond donors (Lipinski definition) is 0. The fraction of sp³-hybridized carbons (Fsp3) is 0.792. The first kappa shape index (κ1) is 21.3. The smallest absolute Gasteiger partial charge is 0.312 e. The van der Waals surface area contributed by atoms with Crippen LogP contribution in [-0.4, -0.2) is 12.1 Å². The Labute approximate surface area is 161 Å². The Bertz CT molecular complexity index is 582. The molecule has 0 amide bonds. The molecule has 26 heavy (non-hydrogen) atoms. The molecule has 0 heterocycles. The van der Waals surface area contributed by atoms with Gasteiger partial charge in [-0.05, 0) is 68.3 Å². The number of carbonyl (C=O) groups excluding carboxylic acids is 1. The third-order valence-corrected chi connectivity index (χ3v) is 6.53. The van der Waals surface area contributed by atoms with E-state index in [-0.39, 0.29) is 22.9 Å². The molecule has 2 nitrogen and oxygen atoms in total. The minimum absolute atomic E-state index is 0.0579. The van der Waals surface area contributed by atoms with Gasteiger partial charge in [0.2, 0.25) is 0 Å². The van der Waals surface area contributed by atoms with Crippen molar-refractivity contribution < 1.29 is 9.53 Å². The fourth-order valence-electron chi connectivity index (χ4n) is 4.47. The Hall–Kier alpha value is -1.05. The van der Waals surface area contributed by atoms with Crippen LogP contribution in [-0.2, 0) is 9.53 Å². The summed E-state index contributed by atoms with van der Waals surface area (Å²) in [5, 5.41) is 0. The van der Waals surface area contributed by atoms with Gasteiger partial charge < -0.3 is 4.74 Å². The standard InChI is InChI=1S/C24H40O2/c1-17(19-14-13-18-11-9-10-12-20(18)15-19)26-21(25)24(8,23(5,6)7)16-22(2,3)4/h14-15,17-18H,9-13,16H2,1-8H3. The second kappa shape index (κ2) is 7.52. The summed E-state index contributed by atoms with van der Waals surface area (Å²) >= 11 is 0. The molecule has 2 aliphatic carbocycles. The van der Waals surface area contributed by atoms with Crippen LogP contribution in [0.3, 0.4) is 0 Å². The van der Waals surface area contributed by atoms with E-state index in [1.165, 1.54) is 31.3 Å². The molecule has 1 saturated carbocycles. The number of fused-ring (bicyclic) bond motifs is 1. The molecule has 0 aromatic carbocycles. The molecule has 0 bridgehead atoms. The molecule has 3 atom stereocenters. The summed E-state index contributed by atoms with van der Waals surface area (Å²) in [6.07, 6.45) is 11.6. The van der Waals surface area contributed by atoms with Crippen LogP contribution in [0.15, 0.2) is 23.3 Å². The number of esters is 1. The third kappa shape index (κ3) is 4.81. The van der Waals surface area contributed by atoms with Gasteiger partial charge in [0, 0.05) is 0 Å². The van der Waals surface area contributed by atoms with Crippen LogP contribution in [0.2, 0.25) is 0 Å². The topological polar surface area (TPSA) is 26.3 Å². The second-order valence-corrected chi connectivity index (χ2v) is 11.0. The molecule has 2 rings (SSSR count). The molecule has 3 unspecified atom stereocenters. The van der Waals surface area contributed by atoms with E-state index in [4.69, 9.17) is 4.74 Å². The lowest BCUT2D eigenvalue weighted by Gasteiger charge is -2.44. The molecular weight excluding hydrogens is 320 g/mol. The van der Waals surface area contributed by atoms with Crippen molar-refractivity contribution in [1.82, 2.24) is 0 Å². The summed E-state index contributed by atoms with van der Waals surface area (Å²) < 4.78 is 6.06. The molecule has 1 fully saturated rings. The van der Waals surface area contributed by atoms with E-state index in [1.54, 1.807) is 5.57 Å². The van der Waals surface area contributed by atoms with E-state index < -0.39 is 5.41 Å². The van der Waals surface area contributed by atoms with E-state index in [9.17, 15) is 4.79 Å². The molecule has 0 radical (unpaired) electrons. The van der Waals surface area contributed by atoms with Gasteiger partial charge in [-0.2, -0.15) is 0 Å². The maximum absolute atomic E-state index is 13.3. The van der Waals surface area contributed by atoms with Crippen molar-refractivity contribution in [3.63, 3.8) is 0 Å². The summed E-state index contributed by atoms with van der Waals surface area (Å²) in [5.41, 5.74) is 2.19. The van der Waals surface area contributed by atoms with E-state index in [0.717, 1.165) is 18.8 Å². The molecule has 0 aliphatic heterocycles. The zero-order valence-electron chi connectivity index (χ0n) is 18.4. The van der Waals surface area contributed by atoms with Gasteiger partial charge in [-0.25, -0.2) is 0 Å². The van der Waals surface area contributed by atoms with Gasteiger partial charge in [-0.15, -0.1) is 0 Å². The van der Waals surface area contributed by atoms with E-state index in [1.807, 2.05) is 6.92 Å². The Morgan fingerprint density at radius 3 is 2.38 bits per heavy atom. The quantitative estimate of drug-likeness (QED) is 0.512. The van der Waals surface area contributed by atoms with Crippen LogP contribution in [0.4, 0.5) is 0 Å². The van der Waals surface area contributed by atoms with Crippen LogP contribution < -0.4 is 0 Å². The fourth-order valence-corrected chi connectivity index (χ4v) is 4.47. The van der Waals surface area contributed by atoms with Crippen LogP contribution in [0.25, 0.3) is 0 Å². The van der Waals surface area contributed by atoms with Gasteiger partial charge in [-0.1, -0.05) is 65.7 Å². The number of carbonyl (C=O) groups is 1. The Kier molecular flexibility index (Phi) is 6.15. The van der Waals surface area contributed by atoms with Crippen LogP contribution in [0.5, 0.6) is 0 Å². The second-order valence-electron chi connectivity index (χ2n) is 11.0. The van der Waals surface area contributed by atoms with Gasteiger partial charge in [-0.3, -0.25) is 4.79 Å². The van der Waals surface area contributed by atoms with Crippen LogP contribution in [0.1, 0.15) is 93.9 Å². The Morgan fingerprint density at radius 1 is 1.15 bits per heavy atom. The van der Waals surface area contributed by atoms with Crippen molar-refractivity contribution in [2.75, 3.05) is 0 Å². The van der Waals surface area contributed by atoms with Gasteiger partial charge in [0.1, 0.15) is 6.10 Å². The maximum Gasteiger partial charge on any atom is 0.312 e. The zero-order valence-corrected chi connectivity index (χ0v) is 18.4. The summed E-state index contributed by atoms with van der Waals surface area (Å²) in [4.78, 5) is 13.3. The lowest BCUT2D eigenvalue weighted by atomic mass is 9.61. The molecule has 0 N–H and O–H groups in total. The predicted molar refractivity (Wildman–Crippen MR) is 110 cm³/mol. The maximum atomic E-state index is 13.3. The lowest BCUT2D eigenvalue weighted by molar-refractivity contribution is -0.167. The average molecular weight is 361 g/mol. The highest BCUT2D eigenvalue weighted by atomic mass is 16.5. The van der Waals surface area contributed by atoms with Crippen molar-refractivity contribution in [3.8, 4) is 0 Å². The van der Waals surface area contributed by atoms with Crippen molar-refractivity contribution in [1.29, 1.82) is 0 Å². The van der Waals surface area contributed by atoms with E-state index >= 15 is 0 Å². The Balaban J connectivity index is 2.14. The zero-order chi connectivity index (χ0) is 19.8. The van der Waals surface area contributed by atoms with Gasteiger partial charge >= 0.3 is 5.97 Å². The number of ether oxygens (including phenoxy) is 1. The molecule has 0 aromatic heterocycles. The molecular formula is C24H40O2. The highest BCUT2D eigenvalue weighted by molar-refractivity contribution is 5.78. The summed E-state index contributed by atoms with van der Waals surface area (Å²) in [6, 6.07) is 0. The molecule has 2 aliphatic rings. The average Bonchev–Trinajstić information content (AvgIpc) is 2.51. The molecule has 148 valence electrons. The first-order valence-corrected chi connectivity index (χ1v) is 10.5. The summed E-state index contributed by atoms with van der Waals surface area (Å²) in [6.45, 7) is 17.2. The monoisotopic (exact) mass is 360 g/mol. The van der Waals surface area contributed by atoms with Crippen molar-refractivity contribution >= 4 is 5.97 Å². The molecule has 2 heteroatoms.